The van der Waals surface area contributed by atoms with Crippen LogP contribution in [0.1, 0.15) is 37.0 Å². The summed E-state index contributed by atoms with van der Waals surface area (Å²) in [7, 11) is 0. The molecule has 1 aromatic heterocycles. The van der Waals surface area contributed by atoms with Crippen LogP contribution < -0.4 is 10.6 Å². The molecule has 0 unspecified atom stereocenters. The summed E-state index contributed by atoms with van der Waals surface area (Å²) < 4.78 is 5.31. The number of hydrogen-bond donors (Lipinski definition) is 2. The highest BCUT2D eigenvalue weighted by Gasteiger charge is 2.19. The lowest BCUT2D eigenvalue weighted by molar-refractivity contribution is 0.0942. The summed E-state index contributed by atoms with van der Waals surface area (Å²) in [6.45, 7) is 9.06. The maximum atomic E-state index is 12.1. The average Bonchev–Trinajstić information content (AvgIpc) is 2.92. The molecular weight excluding hydrogens is 340 g/mol. The molecule has 0 spiro atoms. The number of aromatic nitrogens is 2. The van der Waals surface area contributed by atoms with Gasteiger partial charge in [0.1, 0.15) is 0 Å². The van der Waals surface area contributed by atoms with Crippen molar-refractivity contribution in [3.8, 4) is 11.4 Å². The fourth-order valence-corrected chi connectivity index (χ4v) is 2.50. The number of halogens is 1. The van der Waals surface area contributed by atoms with Crippen molar-refractivity contribution in [3.63, 3.8) is 0 Å². The van der Waals surface area contributed by atoms with Crippen LogP contribution in [0, 0.1) is 11.3 Å². The van der Waals surface area contributed by atoms with Crippen LogP contribution in [-0.2, 0) is 6.42 Å². The van der Waals surface area contributed by atoms with E-state index >= 15 is 0 Å². The van der Waals surface area contributed by atoms with Crippen LogP contribution in [0.2, 0.25) is 0 Å². The predicted octanol–water partition coefficient (Wildman–Crippen LogP) is 2.70. The summed E-state index contributed by atoms with van der Waals surface area (Å²) in [5, 5.41) is 10.2. The largest absolute Gasteiger partial charge is 0.352 e. The molecule has 6 nitrogen and oxygen atoms in total. The first-order valence-electron chi connectivity index (χ1n) is 8.33. The number of hydrogen-bond acceptors (Lipinski definition) is 5. The van der Waals surface area contributed by atoms with E-state index in [1.54, 1.807) is 12.1 Å². The molecule has 1 aromatic carbocycles. The van der Waals surface area contributed by atoms with Gasteiger partial charge in [0.25, 0.3) is 5.91 Å². The van der Waals surface area contributed by atoms with E-state index in [0.717, 1.165) is 25.1 Å². The van der Waals surface area contributed by atoms with Crippen molar-refractivity contribution in [3.05, 3.63) is 35.7 Å². The minimum absolute atomic E-state index is 0. The van der Waals surface area contributed by atoms with Gasteiger partial charge in [0.05, 0.1) is 0 Å². The molecule has 2 N–H and O–H groups in total. The van der Waals surface area contributed by atoms with Gasteiger partial charge in [-0.2, -0.15) is 4.98 Å². The number of carbonyl (C=O) groups is 1. The van der Waals surface area contributed by atoms with Crippen LogP contribution in [0.5, 0.6) is 0 Å². The highest BCUT2D eigenvalue weighted by molar-refractivity contribution is 5.94. The Morgan fingerprint density at radius 3 is 2.52 bits per heavy atom. The minimum Gasteiger partial charge on any atom is -0.352 e. The SMILES string of the molecule is CC(C)(C)Cc1nc(-c2ccc(C(=O)NCC3CNC3)cc2)no1.Cl. The number of amides is 1. The van der Waals surface area contributed by atoms with Gasteiger partial charge in [-0.25, -0.2) is 0 Å². The second kappa shape index (κ2) is 7.97. The van der Waals surface area contributed by atoms with Crippen molar-refractivity contribution in [1.29, 1.82) is 0 Å². The summed E-state index contributed by atoms with van der Waals surface area (Å²) in [5.74, 6) is 1.69. The molecule has 7 heteroatoms. The van der Waals surface area contributed by atoms with E-state index < -0.39 is 0 Å². The monoisotopic (exact) mass is 364 g/mol. The number of rotatable bonds is 5. The van der Waals surface area contributed by atoms with Crippen molar-refractivity contribution >= 4 is 18.3 Å². The standard InChI is InChI=1S/C18H24N4O2.ClH/c1-18(2,3)8-15-21-16(22-24-15)13-4-6-14(7-5-13)17(23)20-11-12-9-19-10-12;/h4-7,12,19H,8-11H2,1-3H3,(H,20,23);1H. The first-order chi connectivity index (χ1) is 11.4. The molecule has 0 radical (unpaired) electrons. The van der Waals surface area contributed by atoms with E-state index in [2.05, 4.69) is 41.5 Å². The Kier molecular flexibility index (Phi) is 6.19. The number of nitrogens with one attached hydrogen (secondary N) is 2. The minimum atomic E-state index is -0.0463. The molecule has 0 atom stereocenters. The van der Waals surface area contributed by atoms with Gasteiger partial charge in [-0.1, -0.05) is 38.1 Å². The van der Waals surface area contributed by atoms with Crippen LogP contribution in [0.25, 0.3) is 11.4 Å². The van der Waals surface area contributed by atoms with E-state index in [1.807, 2.05) is 12.1 Å². The van der Waals surface area contributed by atoms with Gasteiger partial charge in [0, 0.05) is 43.1 Å². The van der Waals surface area contributed by atoms with Crippen LogP contribution in [0.15, 0.2) is 28.8 Å². The van der Waals surface area contributed by atoms with Gasteiger partial charge in [0.2, 0.25) is 11.7 Å². The fraction of sp³-hybridized carbons (Fsp3) is 0.500. The molecule has 0 bridgehead atoms. The van der Waals surface area contributed by atoms with Crippen LogP contribution >= 0.6 is 12.4 Å². The van der Waals surface area contributed by atoms with E-state index in [1.165, 1.54) is 0 Å². The quantitative estimate of drug-likeness (QED) is 0.852. The molecule has 0 saturated carbocycles. The molecule has 1 saturated heterocycles. The second-order valence-electron chi connectivity index (χ2n) is 7.56. The zero-order chi connectivity index (χ0) is 17.2. The van der Waals surface area contributed by atoms with E-state index in [-0.39, 0.29) is 23.7 Å². The van der Waals surface area contributed by atoms with Gasteiger partial charge < -0.3 is 15.2 Å². The van der Waals surface area contributed by atoms with Crippen LogP contribution in [-0.4, -0.2) is 35.7 Å². The number of carbonyl (C=O) groups excluding carboxylic acids is 1. The Labute approximate surface area is 154 Å². The van der Waals surface area contributed by atoms with Gasteiger partial charge in [0.15, 0.2) is 0 Å². The Morgan fingerprint density at radius 2 is 1.96 bits per heavy atom. The molecule has 25 heavy (non-hydrogen) atoms. The molecule has 1 fully saturated rings. The van der Waals surface area contributed by atoms with Gasteiger partial charge in [-0.3, -0.25) is 4.79 Å². The van der Waals surface area contributed by atoms with Gasteiger partial charge in [-0.05, 0) is 17.5 Å². The molecule has 1 aliphatic rings. The Bertz CT molecular complexity index is 703. The average molecular weight is 365 g/mol. The van der Waals surface area contributed by atoms with Crippen LogP contribution in [0.3, 0.4) is 0 Å². The van der Waals surface area contributed by atoms with E-state index in [4.69, 9.17) is 4.52 Å². The van der Waals surface area contributed by atoms with Crippen molar-refractivity contribution < 1.29 is 9.32 Å². The molecular formula is C18H25ClN4O2. The number of benzene rings is 1. The van der Waals surface area contributed by atoms with Crippen LogP contribution in [0.4, 0.5) is 0 Å². The maximum Gasteiger partial charge on any atom is 0.251 e. The predicted molar refractivity (Wildman–Crippen MR) is 98.8 cm³/mol. The molecule has 136 valence electrons. The lowest BCUT2D eigenvalue weighted by atomic mass is 9.92. The zero-order valence-corrected chi connectivity index (χ0v) is 15.7. The summed E-state index contributed by atoms with van der Waals surface area (Å²) in [5.41, 5.74) is 1.59. The molecule has 3 rings (SSSR count). The topological polar surface area (TPSA) is 80.0 Å². The fourth-order valence-electron chi connectivity index (χ4n) is 2.50. The summed E-state index contributed by atoms with van der Waals surface area (Å²) in [6, 6.07) is 7.30. The van der Waals surface area contributed by atoms with Crippen molar-refractivity contribution in [2.75, 3.05) is 19.6 Å². The van der Waals surface area contributed by atoms with Gasteiger partial charge in [-0.15, -0.1) is 12.4 Å². The highest BCUT2D eigenvalue weighted by Crippen LogP contribution is 2.22. The Hall–Kier alpha value is -1.92. The van der Waals surface area contributed by atoms with Gasteiger partial charge >= 0.3 is 0 Å². The highest BCUT2D eigenvalue weighted by atomic mass is 35.5. The zero-order valence-electron chi connectivity index (χ0n) is 14.8. The lowest BCUT2D eigenvalue weighted by Crippen LogP contribution is -2.48. The summed E-state index contributed by atoms with van der Waals surface area (Å²) in [4.78, 5) is 16.5. The third-order valence-corrected chi connectivity index (χ3v) is 3.97. The smallest absolute Gasteiger partial charge is 0.251 e. The van der Waals surface area contributed by atoms with Crippen molar-refractivity contribution in [2.24, 2.45) is 11.3 Å². The maximum absolute atomic E-state index is 12.1. The summed E-state index contributed by atoms with van der Waals surface area (Å²) >= 11 is 0. The van der Waals surface area contributed by atoms with E-state index in [9.17, 15) is 4.79 Å². The molecule has 0 aliphatic carbocycles. The first-order valence-corrected chi connectivity index (χ1v) is 8.33. The third-order valence-electron chi connectivity index (χ3n) is 3.97. The third kappa shape index (κ3) is 5.28. The molecule has 1 amide bonds. The van der Waals surface area contributed by atoms with E-state index in [0.29, 0.717) is 29.7 Å². The Morgan fingerprint density at radius 1 is 1.28 bits per heavy atom. The van der Waals surface area contributed by atoms with Crippen molar-refractivity contribution in [1.82, 2.24) is 20.8 Å². The molecule has 2 aromatic rings. The van der Waals surface area contributed by atoms with Crippen molar-refractivity contribution in [2.45, 2.75) is 27.2 Å². The molecule has 1 aliphatic heterocycles. The summed E-state index contributed by atoms with van der Waals surface area (Å²) in [6.07, 6.45) is 0.733. The number of nitrogens with zero attached hydrogens (tertiary/aromatic N) is 2. The Balaban J connectivity index is 0.00000225. The normalized spacial score (nSPS) is 14.5. The first kappa shape index (κ1) is 19.4. The lowest BCUT2D eigenvalue weighted by Gasteiger charge is -2.27. The molecule has 2 heterocycles. The second-order valence-corrected chi connectivity index (χ2v) is 7.56.